The Morgan fingerprint density at radius 1 is 1.44 bits per heavy atom. The third kappa shape index (κ3) is 1.69. The van der Waals surface area contributed by atoms with E-state index in [1.54, 1.807) is 0 Å². The molecular weight excluding hydrogens is 235 g/mol. The number of hydrogen-bond acceptors (Lipinski definition) is 2. The molecule has 0 aromatic carbocycles. The minimum Gasteiger partial charge on any atom is -0.295 e. The number of rotatable bonds is 1. The standard InChI is InChI=1S/C10H12ClFN2O2/c1-5-3-2-4-6(5)14-9(15)7(12)8(11)13-10(14)16/h5-6H,2-4H2,1H3,(H,13,16). The van der Waals surface area contributed by atoms with Crippen LogP contribution in [0.3, 0.4) is 0 Å². The van der Waals surface area contributed by atoms with Gasteiger partial charge < -0.3 is 0 Å². The van der Waals surface area contributed by atoms with Crippen molar-refractivity contribution < 1.29 is 4.39 Å². The van der Waals surface area contributed by atoms with Crippen LogP contribution in [0.25, 0.3) is 0 Å². The summed E-state index contributed by atoms with van der Waals surface area (Å²) < 4.78 is 14.3. The third-order valence-corrected chi connectivity index (χ3v) is 3.44. The predicted molar refractivity (Wildman–Crippen MR) is 58.3 cm³/mol. The molecule has 0 radical (unpaired) electrons. The molecule has 1 aliphatic rings. The second-order valence-corrected chi connectivity index (χ2v) is 4.59. The van der Waals surface area contributed by atoms with Crippen molar-refractivity contribution in [2.45, 2.75) is 32.2 Å². The Balaban J connectivity index is 2.61. The first-order chi connectivity index (χ1) is 7.52. The van der Waals surface area contributed by atoms with E-state index >= 15 is 0 Å². The maximum atomic E-state index is 13.3. The van der Waals surface area contributed by atoms with Gasteiger partial charge in [0.05, 0.1) is 0 Å². The van der Waals surface area contributed by atoms with Crippen LogP contribution in [0.15, 0.2) is 9.59 Å². The van der Waals surface area contributed by atoms with Gasteiger partial charge in [0.1, 0.15) is 0 Å². The lowest BCUT2D eigenvalue weighted by atomic mass is 10.1. The maximum absolute atomic E-state index is 13.3. The van der Waals surface area contributed by atoms with Gasteiger partial charge >= 0.3 is 5.69 Å². The summed E-state index contributed by atoms with van der Waals surface area (Å²) in [7, 11) is 0. The van der Waals surface area contributed by atoms with Gasteiger partial charge in [-0.15, -0.1) is 0 Å². The van der Waals surface area contributed by atoms with Gasteiger partial charge in [0, 0.05) is 6.04 Å². The Hall–Kier alpha value is -1.10. The summed E-state index contributed by atoms with van der Waals surface area (Å²) in [5.74, 6) is -0.875. The lowest BCUT2D eigenvalue weighted by molar-refractivity contribution is 0.372. The second kappa shape index (κ2) is 4.05. The van der Waals surface area contributed by atoms with Gasteiger partial charge in [0.2, 0.25) is 5.82 Å². The van der Waals surface area contributed by atoms with E-state index < -0.39 is 22.2 Å². The summed E-state index contributed by atoms with van der Waals surface area (Å²) in [4.78, 5) is 25.4. The number of nitrogens with one attached hydrogen (secondary N) is 1. The van der Waals surface area contributed by atoms with E-state index in [1.165, 1.54) is 0 Å². The first-order valence-corrected chi connectivity index (χ1v) is 5.60. The smallest absolute Gasteiger partial charge is 0.295 e. The molecule has 1 fully saturated rings. The van der Waals surface area contributed by atoms with Crippen LogP contribution in [-0.2, 0) is 0 Å². The van der Waals surface area contributed by atoms with Gasteiger partial charge in [-0.05, 0) is 18.8 Å². The number of nitrogens with zero attached hydrogens (tertiary/aromatic N) is 1. The minimum atomic E-state index is -1.08. The lowest BCUT2D eigenvalue weighted by Gasteiger charge is -2.17. The zero-order chi connectivity index (χ0) is 11.9. The molecule has 1 aromatic rings. The van der Waals surface area contributed by atoms with Crippen molar-refractivity contribution in [3.63, 3.8) is 0 Å². The van der Waals surface area contributed by atoms with Gasteiger partial charge in [0.25, 0.3) is 5.56 Å². The van der Waals surface area contributed by atoms with Crippen LogP contribution in [-0.4, -0.2) is 9.55 Å². The average Bonchev–Trinajstić information content (AvgIpc) is 2.62. The fourth-order valence-electron chi connectivity index (χ4n) is 2.31. The largest absolute Gasteiger partial charge is 0.329 e. The van der Waals surface area contributed by atoms with Crippen LogP contribution in [0.2, 0.25) is 5.15 Å². The SMILES string of the molecule is CC1CCCC1n1c(=O)[nH]c(Cl)c(F)c1=O. The highest BCUT2D eigenvalue weighted by molar-refractivity contribution is 6.29. The molecule has 0 saturated heterocycles. The van der Waals surface area contributed by atoms with Crippen LogP contribution in [0.4, 0.5) is 4.39 Å². The summed E-state index contributed by atoms with van der Waals surface area (Å²) in [6.07, 6.45) is 2.62. The van der Waals surface area contributed by atoms with E-state index in [9.17, 15) is 14.0 Å². The van der Waals surface area contributed by atoms with Crippen molar-refractivity contribution >= 4 is 11.6 Å². The molecule has 6 heteroatoms. The molecule has 16 heavy (non-hydrogen) atoms. The summed E-state index contributed by atoms with van der Waals surface area (Å²) in [6, 6.07) is -0.219. The van der Waals surface area contributed by atoms with Crippen molar-refractivity contribution in [3.05, 3.63) is 31.8 Å². The third-order valence-electron chi connectivity index (χ3n) is 3.18. The Kier molecular flexibility index (Phi) is 2.88. The molecule has 0 aliphatic heterocycles. The molecule has 1 saturated carbocycles. The van der Waals surface area contributed by atoms with Crippen molar-refractivity contribution in [3.8, 4) is 0 Å². The molecule has 2 rings (SSSR count). The fraction of sp³-hybridized carbons (Fsp3) is 0.600. The average molecular weight is 247 g/mol. The van der Waals surface area contributed by atoms with Crippen LogP contribution >= 0.6 is 11.6 Å². The first-order valence-electron chi connectivity index (χ1n) is 5.22. The van der Waals surface area contributed by atoms with Gasteiger partial charge in [0.15, 0.2) is 5.15 Å². The molecule has 0 bridgehead atoms. The monoisotopic (exact) mass is 246 g/mol. The zero-order valence-electron chi connectivity index (χ0n) is 8.80. The molecular formula is C10H12ClFN2O2. The Labute approximate surface area is 96.1 Å². The summed E-state index contributed by atoms with van der Waals surface area (Å²) in [6.45, 7) is 1.95. The van der Waals surface area contributed by atoms with Gasteiger partial charge in [-0.1, -0.05) is 24.9 Å². The molecule has 1 N–H and O–H groups in total. The quantitative estimate of drug-likeness (QED) is 0.767. The maximum Gasteiger partial charge on any atom is 0.329 e. The highest BCUT2D eigenvalue weighted by Crippen LogP contribution is 2.33. The highest BCUT2D eigenvalue weighted by Gasteiger charge is 2.28. The van der Waals surface area contributed by atoms with Crippen molar-refractivity contribution in [2.24, 2.45) is 5.92 Å². The molecule has 1 aliphatic carbocycles. The van der Waals surface area contributed by atoms with Gasteiger partial charge in [-0.3, -0.25) is 14.3 Å². The number of aromatic nitrogens is 2. The molecule has 2 unspecified atom stereocenters. The molecule has 1 heterocycles. The number of hydrogen-bond donors (Lipinski definition) is 1. The fourth-order valence-corrected chi connectivity index (χ4v) is 2.47. The molecule has 88 valence electrons. The van der Waals surface area contributed by atoms with E-state index in [2.05, 4.69) is 4.98 Å². The van der Waals surface area contributed by atoms with Crippen molar-refractivity contribution in [1.82, 2.24) is 9.55 Å². The number of halogens is 2. The van der Waals surface area contributed by atoms with Crippen LogP contribution in [0, 0.1) is 11.7 Å². The summed E-state index contributed by atoms with van der Waals surface area (Å²) >= 11 is 5.39. The Morgan fingerprint density at radius 3 is 2.69 bits per heavy atom. The van der Waals surface area contributed by atoms with Crippen LogP contribution in [0.5, 0.6) is 0 Å². The highest BCUT2D eigenvalue weighted by atomic mass is 35.5. The van der Waals surface area contributed by atoms with E-state index in [0.29, 0.717) is 0 Å². The van der Waals surface area contributed by atoms with E-state index in [4.69, 9.17) is 11.6 Å². The number of aromatic amines is 1. The van der Waals surface area contributed by atoms with Gasteiger partial charge in [-0.2, -0.15) is 4.39 Å². The van der Waals surface area contributed by atoms with Crippen molar-refractivity contribution in [2.75, 3.05) is 0 Å². The second-order valence-electron chi connectivity index (χ2n) is 4.21. The predicted octanol–water partition coefficient (Wildman–Crippen LogP) is 1.69. The lowest BCUT2D eigenvalue weighted by Crippen LogP contribution is -2.40. The minimum absolute atomic E-state index is 0.208. The molecule has 2 atom stereocenters. The van der Waals surface area contributed by atoms with E-state index in [0.717, 1.165) is 23.8 Å². The van der Waals surface area contributed by atoms with Crippen LogP contribution in [0.1, 0.15) is 32.2 Å². The van der Waals surface area contributed by atoms with E-state index in [1.807, 2.05) is 6.92 Å². The molecule has 4 nitrogen and oxygen atoms in total. The Morgan fingerprint density at radius 2 is 2.12 bits per heavy atom. The summed E-state index contributed by atoms with van der Waals surface area (Å²) in [5, 5.41) is -0.517. The molecule has 0 spiro atoms. The van der Waals surface area contributed by atoms with Gasteiger partial charge in [-0.25, -0.2) is 4.79 Å². The Bertz CT molecular complexity index is 523. The normalized spacial score (nSPS) is 24.9. The molecule has 1 aromatic heterocycles. The zero-order valence-corrected chi connectivity index (χ0v) is 9.55. The van der Waals surface area contributed by atoms with Crippen molar-refractivity contribution in [1.29, 1.82) is 0 Å². The first kappa shape index (κ1) is 11.4. The summed E-state index contributed by atoms with van der Waals surface area (Å²) in [5.41, 5.74) is -1.55. The number of H-pyrrole nitrogens is 1. The van der Waals surface area contributed by atoms with Crippen LogP contribution < -0.4 is 11.2 Å². The topological polar surface area (TPSA) is 54.9 Å². The molecule has 0 amide bonds. The van der Waals surface area contributed by atoms with E-state index in [-0.39, 0.29) is 12.0 Å².